The number of Topliss-reactive ketones (excluding diaryl/α,β-unsaturated/α-hetero) is 1. The Balaban J connectivity index is 2.34. The number of methoxy groups -OCH3 is 1. The number of ketones is 1. The number of anilines is 1. The molecule has 44 heavy (non-hydrogen) atoms. The van der Waals surface area contributed by atoms with Crippen molar-refractivity contribution in [1.82, 2.24) is 20.4 Å². The fourth-order valence-corrected chi connectivity index (χ4v) is 4.17. The van der Waals surface area contributed by atoms with Crippen LogP contribution in [0.3, 0.4) is 0 Å². The lowest BCUT2D eigenvalue weighted by Gasteiger charge is -2.15. The number of aliphatic hydroxyl groups excluding tert-OH is 1. The Hall–Kier alpha value is -3.91. The second-order valence-electron chi connectivity index (χ2n) is 10.6. The van der Waals surface area contributed by atoms with Crippen molar-refractivity contribution in [2.45, 2.75) is 32.4 Å². The van der Waals surface area contributed by atoms with Gasteiger partial charge in [0.2, 0.25) is 6.04 Å². The third-order valence-electron chi connectivity index (χ3n) is 6.30. The Bertz CT molecular complexity index is 1300. The van der Waals surface area contributed by atoms with E-state index in [1.54, 1.807) is 0 Å². The summed E-state index contributed by atoms with van der Waals surface area (Å²) in [6.45, 7) is 3.22. The maximum Gasteiger partial charge on any atom is 0.258 e. The Morgan fingerprint density at radius 2 is 1.45 bits per heavy atom. The predicted molar refractivity (Wildman–Crippen MR) is 169 cm³/mol. The molecule has 0 saturated carbocycles. The van der Waals surface area contributed by atoms with Gasteiger partial charge in [0.05, 0.1) is 25.1 Å². The van der Waals surface area contributed by atoms with E-state index in [1.165, 1.54) is 44.4 Å². The normalized spacial score (nSPS) is 12.0. The molecule has 0 spiro atoms. The van der Waals surface area contributed by atoms with Crippen molar-refractivity contribution in [3.63, 3.8) is 0 Å². The van der Waals surface area contributed by atoms with E-state index >= 15 is 0 Å². The van der Waals surface area contributed by atoms with Crippen molar-refractivity contribution in [3.05, 3.63) is 52.0 Å². The van der Waals surface area contributed by atoms with E-state index in [2.05, 4.69) is 26.2 Å². The molecule has 1 unspecified atom stereocenters. The van der Waals surface area contributed by atoms with Crippen LogP contribution in [-0.4, -0.2) is 106 Å². The van der Waals surface area contributed by atoms with E-state index in [0.29, 0.717) is 18.7 Å². The zero-order chi connectivity index (χ0) is 32.8. The molecule has 0 aliphatic rings. The summed E-state index contributed by atoms with van der Waals surface area (Å²) < 4.78 is 5.26. The van der Waals surface area contributed by atoms with Gasteiger partial charge in [0.1, 0.15) is 5.75 Å². The molecule has 2 aromatic rings. The Kier molecular flexibility index (Phi) is 14.9. The molecule has 2 rings (SSSR count). The van der Waals surface area contributed by atoms with Crippen LogP contribution in [-0.2, 0) is 16.2 Å². The average Bonchev–Trinajstić information content (AvgIpc) is 2.97. The average molecular weight is 632 g/mol. The number of hydrogen-bond donors (Lipinski definition) is 4. The van der Waals surface area contributed by atoms with Gasteiger partial charge in [0, 0.05) is 35.3 Å². The Morgan fingerprint density at radius 1 is 0.909 bits per heavy atom. The maximum atomic E-state index is 13.1. The van der Waals surface area contributed by atoms with Gasteiger partial charge in [-0.05, 0) is 90.9 Å². The van der Waals surface area contributed by atoms with Crippen LogP contribution in [0.25, 0.3) is 0 Å². The summed E-state index contributed by atoms with van der Waals surface area (Å²) in [7, 11) is 9.13. The molecule has 0 aliphatic heterocycles. The van der Waals surface area contributed by atoms with Gasteiger partial charge in [-0.1, -0.05) is 11.6 Å². The van der Waals surface area contributed by atoms with Gasteiger partial charge in [-0.15, -0.1) is 0 Å². The molecule has 3 amide bonds. The number of nitrogens with one attached hydrogen (secondary N) is 3. The topological polar surface area (TPSA) is 165 Å². The van der Waals surface area contributed by atoms with Gasteiger partial charge in [-0.2, -0.15) is 10.2 Å². The van der Waals surface area contributed by atoms with Crippen LogP contribution in [0.2, 0.25) is 5.02 Å². The van der Waals surface area contributed by atoms with Gasteiger partial charge in [-0.25, -0.2) is 0 Å². The van der Waals surface area contributed by atoms with Crippen LogP contribution in [0.15, 0.2) is 40.6 Å². The van der Waals surface area contributed by atoms with Crippen molar-refractivity contribution in [3.8, 4) is 5.75 Å². The molecular formula is C30H42ClN7O6. The van der Waals surface area contributed by atoms with Gasteiger partial charge >= 0.3 is 0 Å². The molecule has 0 fully saturated rings. The molecule has 0 aromatic heterocycles. The predicted octanol–water partition coefficient (Wildman–Crippen LogP) is 2.88. The third-order valence-corrected chi connectivity index (χ3v) is 6.65. The van der Waals surface area contributed by atoms with Crippen LogP contribution >= 0.6 is 11.6 Å². The number of benzene rings is 2. The summed E-state index contributed by atoms with van der Waals surface area (Å²) in [5.74, 6) is -2.00. The van der Waals surface area contributed by atoms with Crippen molar-refractivity contribution in [2.24, 2.45) is 10.2 Å². The van der Waals surface area contributed by atoms with Gasteiger partial charge in [0.25, 0.3) is 17.7 Å². The summed E-state index contributed by atoms with van der Waals surface area (Å²) in [6, 6.07) is 5.62. The number of carbonyl (C=O) groups is 4. The smallest absolute Gasteiger partial charge is 0.258 e. The number of nitrogens with zero attached hydrogens (tertiary/aromatic N) is 4. The summed E-state index contributed by atoms with van der Waals surface area (Å²) in [5.41, 5.74) is 0.976. The van der Waals surface area contributed by atoms with E-state index in [9.17, 15) is 24.3 Å². The monoisotopic (exact) mass is 631 g/mol. The van der Waals surface area contributed by atoms with E-state index in [4.69, 9.17) is 16.3 Å². The molecule has 0 saturated heterocycles. The molecule has 13 nitrogen and oxygen atoms in total. The largest absolute Gasteiger partial charge is 0.495 e. The number of ether oxygens (including phenoxy) is 1. The zero-order valence-electron chi connectivity index (χ0n) is 26.1. The quantitative estimate of drug-likeness (QED) is 0.118. The minimum Gasteiger partial charge on any atom is -0.495 e. The van der Waals surface area contributed by atoms with Gasteiger partial charge in [0.15, 0.2) is 5.78 Å². The second-order valence-corrected chi connectivity index (χ2v) is 11.0. The first-order valence-corrected chi connectivity index (χ1v) is 14.4. The minimum absolute atomic E-state index is 0.107. The Morgan fingerprint density at radius 3 is 1.91 bits per heavy atom. The summed E-state index contributed by atoms with van der Waals surface area (Å²) in [4.78, 5) is 55.4. The molecule has 1 atom stereocenters. The highest BCUT2D eigenvalue weighted by Crippen LogP contribution is 2.32. The lowest BCUT2D eigenvalue weighted by Crippen LogP contribution is -2.32. The number of rotatable bonds is 17. The maximum absolute atomic E-state index is 13.1. The summed E-state index contributed by atoms with van der Waals surface area (Å²) in [5, 5.41) is 26.1. The van der Waals surface area contributed by atoms with Gasteiger partial charge < -0.3 is 35.6 Å². The van der Waals surface area contributed by atoms with Crippen LogP contribution in [0.1, 0.15) is 46.0 Å². The van der Waals surface area contributed by atoms with Crippen molar-refractivity contribution in [1.29, 1.82) is 0 Å². The SMILES string of the molecule is COc1cc(Cl)c(CO)cc1NC(=O)C(/N=N\c1cc(C(=O)NCCCN(C)C)cc(C(=O)NCCCN(C)C)c1)C(C)=O. The molecule has 0 bridgehead atoms. The van der Waals surface area contributed by atoms with Gasteiger partial charge in [-0.3, -0.25) is 19.2 Å². The van der Waals surface area contributed by atoms with Crippen LogP contribution in [0, 0.1) is 0 Å². The molecule has 0 radical (unpaired) electrons. The Labute approximate surface area is 263 Å². The molecule has 14 heteroatoms. The van der Waals surface area contributed by atoms with Crippen LogP contribution in [0.5, 0.6) is 5.75 Å². The fourth-order valence-electron chi connectivity index (χ4n) is 3.96. The summed E-state index contributed by atoms with van der Waals surface area (Å²) in [6.07, 6.45) is 1.45. The number of azo groups is 1. The van der Waals surface area contributed by atoms with E-state index in [1.807, 2.05) is 38.0 Å². The number of amides is 3. The molecular weight excluding hydrogens is 590 g/mol. The number of hydrogen-bond acceptors (Lipinski definition) is 10. The van der Waals surface area contributed by atoms with E-state index in [0.717, 1.165) is 25.9 Å². The third kappa shape index (κ3) is 11.6. The highest BCUT2D eigenvalue weighted by atomic mass is 35.5. The lowest BCUT2D eigenvalue weighted by atomic mass is 10.1. The minimum atomic E-state index is -1.56. The first kappa shape index (κ1) is 36.3. The molecule has 240 valence electrons. The second kappa shape index (κ2) is 18.0. The lowest BCUT2D eigenvalue weighted by molar-refractivity contribution is -0.126. The highest BCUT2D eigenvalue weighted by Gasteiger charge is 2.25. The van der Waals surface area contributed by atoms with E-state index < -0.39 is 29.5 Å². The fraction of sp³-hybridized carbons (Fsp3) is 0.467. The van der Waals surface area contributed by atoms with Crippen LogP contribution in [0.4, 0.5) is 11.4 Å². The number of carbonyl (C=O) groups excluding carboxylic acids is 4. The molecule has 0 aliphatic carbocycles. The number of halogens is 1. The molecule has 2 aromatic carbocycles. The van der Waals surface area contributed by atoms with Crippen molar-refractivity contribution >= 4 is 46.5 Å². The van der Waals surface area contributed by atoms with Crippen LogP contribution < -0.4 is 20.7 Å². The first-order chi connectivity index (χ1) is 20.9. The summed E-state index contributed by atoms with van der Waals surface area (Å²) >= 11 is 6.11. The standard InChI is InChI=1S/C30H42ClN7O6/c1-19(40)27(30(43)34-25-16-22(18-39)24(31)17-26(25)44-6)36-35-23-14-20(28(41)32-9-7-11-37(2)3)13-21(15-23)29(42)33-10-8-12-38(4)5/h13-17,27,39H,7-12,18H2,1-6H3,(H,32,41)(H,33,42)(H,34,43)/b36-35-. The zero-order valence-corrected chi connectivity index (χ0v) is 26.8. The molecule has 4 N–H and O–H groups in total. The van der Waals surface area contributed by atoms with Crippen molar-refractivity contribution in [2.75, 3.05) is 66.8 Å². The number of aliphatic hydroxyl groups is 1. The molecule has 0 heterocycles. The highest BCUT2D eigenvalue weighted by molar-refractivity contribution is 6.31. The van der Waals surface area contributed by atoms with Crippen molar-refractivity contribution < 1.29 is 29.0 Å². The van der Waals surface area contributed by atoms with E-state index in [-0.39, 0.29) is 39.9 Å². The first-order valence-electron chi connectivity index (χ1n) is 14.1.